The van der Waals surface area contributed by atoms with Crippen LogP contribution in [0.1, 0.15) is 45.4 Å². The van der Waals surface area contributed by atoms with Crippen molar-refractivity contribution >= 4 is 11.3 Å². The van der Waals surface area contributed by atoms with Crippen molar-refractivity contribution in [2.45, 2.75) is 58.1 Å². The molecule has 0 aromatic carbocycles. The van der Waals surface area contributed by atoms with Crippen LogP contribution in [0.25, 0.3) is 0 Å². The van der Waals surface area contributed by atoms with Crippen LogP contribution in [0.3, 0.4) is 0 Å². The van der Waals surface area contributed by atoms with Crippen molar-refractivity contribution in [3.8, 4) is 0 Å². The van der Waals surface area contributed by atoms with Crippen LogP contribution in [0, 0.1) is 0 Å². The molecule has 3 heteroatoms. The molecule has 17 heavy (non-hydrogen) atoms. The summed E-state index contributed by atoms with van der Waals surface area (Å²) in [5.74, 6) is 0. The smallest absolute Gasteiger partial charge is 0.0635 e. The van der Waals surface area contributed by atoms with Crippen molar-refractivity contribution in [3.05, 3.63) is 22.4 Å². The largest absolute Gasteiger partial charge is 0.390 e. The number of rotatable bonds is 6. The van der Waals surface area contributed by atoms with Crippen molar-refractivity contribution in [3.63, 3.8) is 0 Å². The highest BCUT2D eigenvalue weighted by Crippen LogP contribution is 2.20. The molecule has 2 nitrogen and oxygen atoms in total. The monoisotopic (exact) mass is 255 g/mol. The standard InChI is InChI=1S/C14H25NOS/c1-13(2,3)15-10-9-14(4,16)8-7-12-6-5-11-17-12/h5-6,11,15-16H,7-10H2,1-4H3. The molecule has 0 saturated carbocycles. The highest BCUT2D eigenvalue weighted by atomic mass is 32.1. The zero-order chi connectivity index (χ0) is 12.9. The maximum absolute atomic E-state index is 10.3. The van der Waals surface area contributed by atoms with E-state index in [1.807, 2.05) is 6.92 Å². The minimum absolute atomic E-state index is 0.129. The summed E-state index contributed by atoms with van der Waals surface area (Å²) in [6, 6.07) is 4.20. The molecule has 0 spiro atoms. The highest BCUT2D eigenvalue weighted by Gasteiger charge is 2.21. The van der Waals surface area contributed by atoms with Crippen molar-refractivity contribution in [2.75, 3.05) is 6.54 Å². The van der Waals surface area contributed by atoms with Gasteiger partial charge in [-0.25, -0.2) is 0 Å². The number of nitrogens with one attached hydrogen (secondary N) is 1. The van der Waals surface area contributed by atoms with Crippen LogP contribution in [0.4, 0.5) is 0 Å². The van der Waals surface area contributed by atoms with Crippen molar-refractivity contribution < 1.29 is 5.11 Å². The number of aliphatic hydroxyl groups is 1. The van der Waals surface area contributed by atoms with Gasteiger partial charge in [0.2, 0.25) is 0 Å². The lowest BCUT2D eigenvalue weighted by Gasteiger charge is -2.26. The van der Waals surface area contributed by atoms with Gasteiger partial charge in [0.15, 0.2) is 0 Å². The molecule has 1 atom stereocenters. The molecule has 1 aromatic rings. The van der Waals surface area contributed by atoms with Crippen LogP contribution in [-0.4, -0.2) is 22.8 Å². The summed E-state index contributed by atoms with van der Waals surface area (Å²) in [5.41, 5.74) is -0.438. The van der Waals surface area contributed by atoms with Gasteiger partial charge < -0.3 is 10.4 Å². The van der Waals surface area contributed by atoms with E-state index in [1.54, 1.807) is 11.3 Å². The van der Waals surface area contributed by atoms with Crippen LogP contribution in [0.5, 0.6) is 0 Å². The van der Waals surface area contributed by atoms with Gasteiger partial charge in [-0.1, -0.05) is 6.07 Å². The molecule has 1 aromatic heterocycles. The Hall–Kier alpha value is -0.380. The Morgan fingerprint density at radius 2 is 1.94 bits per heavy atom. The molecule has 2 N–H and O–H groups in total. The fraction of sp³-hybridized carbons (Fsp3) is 0.714. The summed E-state index contributed by atoms with van der Waals surface area (Å²) >= 11 is 1.76. The average Bonchev–Trinajstić information content (AvgIpc) is 2.64. The fourth-order valence-electron chi connectivity index (χ4n) is 1.68. The Morgan fingerprint density at radius 3 is 2.47 bits per heavy atom. The number of hydrogen-bond acceptors (Lipinski definition) is 3. The Morgan fingerprint density at radius 1 is 1.24 bits per heavy atom. The Labute approximate surface area is 109 Å². The van der Waals surface area contributed by atoms with E-state index in [-0.39, 0.29) is 5.54 Å². The van der Waals surface area contributed by atoms with Gasteiger partial charge in [0.25, 0.3) is 0 Å². The molecule has 1 unspecified atom stereocenters. The van der Waals surface area contributed by atoms with Gasteiger partial charge in [-0.2, -0.15) is 0 Å². The first kappa shape index (κ1) is 14.7. The maximum Gasteiger partial charge on any atom is 0.0635 e. The average molecular weight is 255 g/mol. The second-order valence-corrected chi connectivity index (χ2v) is 7.04. The quantitative estimate of drug-likeness (QED) is 0.818. The Kier molecular flexibility index (Phi) is 5.17. The van der Waals surface area contributed by atoms with Gasteiger partial charge in [0.1, 0.15) is 0 Å². The maximum atomic E-state index is 10.3. The van der Waals surface area contributed by atoms with E-state index in [0.29, 0.717) is 0 Å². The first-order valence-electron chi connectivity index (χ1n) is 6.28. The summed E-state index contributed by atoms with van der Waals surface area (Å²) in [7, 11) is 0. The van der Waals surface area contributed by atoms with Gasteiger partial charge in [0, 0.05) is 10.4 Å². The molecule has 1 rings (SSSR count). The molecule has 0 fully saturated rings. The minimum atomic E-state index is -0.567. The third-order valence-electron chi connectivity index (χ3n) is 2.81. The van der Waals surface area contributed by atoms with Crippen molar-refractivity contribution in [1.82, 2.24) is 5.32 Å². The highest BCUT2D eigenvalue weighted by molar-refractivity contribution is 7.09. The molecular formula is C14H25NOS. The first-order chi connectivity index (χ1) is 7.79. The van der Waals surface area contributed by atoms with Crippen LogP contribution in [0.15, 0.2) is 17.5 Å². The normalized spacial score (nSPS) is 15.8. The molecule has 1 heterocycles. The van der Waals surface area contributed by atoms with E-state index in [2.05, 4.69) is 43.6 Å². The number of hydrogen-bond donors (Lipinski definition) is 2. The van der Waals surface area contributed by atoms with Crippen LogP contribution < -0.4 is 5.32 Å². The third kappa shape index (κ3) is 6.81. The first-order valence-corrected chi connectivity index (χ1v) is 7.16. The van der Waals surface area contributed by atoms with E-state index in [9.17, 15) is 5.11 Å². The molecule has 0 radical (unpaired) electrons. The van der Waals surface area contributed by atoms with Gasteiger partial charge >= 0.3 is 0 Å². The summed E-state index contributed by atoms with van der Waals surface area (Å²) < 4.78 is 0. The zero-order valence-electron chi connectivity index (χ0n) is 11.4. The summed E-state index contributed by atoms with van der Waals surface area (Å²) in [5, 5.41) is 15.8. The van der Waals surface area contributed by atoms with Crippen molar-refractivity contribution in [2.24, 2.45) is 0 Å². The summed E-state index contributed by atoms with van der Waals surface area (Å²) in [4.78, 5) is 1.36. The van der Waals surface area contributed by atoms with Gasteiger partial charge in [-0.05, 0) is 64.9 Å². The van der Waals surface area contributed by atoms with E-state index < -0.39 is 5.60 Å². The summed E-state index contributed by atoms with van der Waals surface area (Å²) in [6.45, 7) is 9.24. The second kappa shape index (κ2) is 5.98. The second-order valence-electron chi connectivity index (χ2n) is 6.00. The molecule has 0 saturated heterocycles. The Bertz CT molecular complexity index is 311. The third-order valence-corrected chi connectivity index (χ3v) is 3.75. The lowest BCUT2D eigenvalue weighted by molar-refractivity contribution is 0.0413. The van der Waals surface area contributed by atoms with Gasteiger partial charge in [0.05, 0.1) is 5.60 Å². The molecular weight excluding hydrogens is 230 g/mol. The lowest BCUT2D eigenvalue weighted by Crippen LogP contribution is -2.39. The summed E-state index contributed by atoms with van der Waals surface area (Å²) in [6.07, 6.45) is 2.61. The molecule has 0 aliphatic carbocycles. The minimum Gasteiger partial charge on any atom is -0.390 e. The molecule has 0 aliphatic rings. The van der Waals surface area contributed by atoms with E-state index in [0.717, 1.165) is 25.8 Å². The predicted octanol–water partition coefficient (Wildman–Crippen LogP) is 3.21. The molecule has 0 amide bonds. The number of aryl methyl sites for hydroxylation is 1. The topological polar surface area (TPSA) is 32.3 Å². The number of thiophene rings is 1. The molecule has 0 bridgehead atoms. The molecule has 0 aliphatic heterocycles. The lowest BCUT2D eigenvalue weighted by atomic mass is 9.95. The van der Waals surface area contributed by atoms with Crippen molar-refractivity contribution in [1.29, 1.82) is 0 Å². The van der Waals surface area contributed by atoms with Gasteiger partial charge in [-0.3, -0.25) is 0 Å². The molecule has 98 valence electrons. The fourth-order valence-corrected chi connectivity index (χ4v) is 2.39. The SMILES string of the molecule is CC(O)(CCNC(C)(C)C)CCc1cccs1. The van der Waals surface area contributed by atoms with E-state index >= 15 is 0 Å². The van der Waals surface area contributed by atoms with Crippen LogP contribution in [0.2, 0.25) is 0 Å². The predicted molar refractivity (Wildman–Crippen MR) is 75.6 cm³/mol. The van der Waals surface area contributed by atoms with Gasteiger partial charge in [-0.15, -0.1) is 11.3 Å². The zero-order valence-corrected chi connectivity index (χ0v) is 12.2. The van der Waals surface area contributed by atoms with Crippen LogP contribution >= 0.6 is 11.3 Å². The van der Waals surface area contributed by atoms with E-state index in [4.69, 9.17) is 0 Å². The Balaban J connectivity index is 2.26. The van der Waals surface area contributed by atoms with Crippen LogP contribution in [-0.2, 0) is 6.42 Å². The van der Waals surface area contributed by atoms with E-state index in [1.165, 1.54) is 4.88 Å².